The number of hydrogen-bond donors (Lipinski definition) is 2. The summed E-state index contributed by atoms with van der Waals surface area (Å²) in [5.41, 5.74) is 6.27. The topological polar surface area (TPSA) is 59.0 Å². The van der Waals surface area contributed by atoms with Gasteiger partial charge in [0.05, 0.1) is 11.0 Å². The van der Waals surface area contributed by atoms with E-state index in [-0.39, 0.29) is 6.03 Å². The minimum Gasteiger partial charge on any atom is -0.334 e. The minimum atomic E-state index is -0.215. The SMILES string of the molecule is O=C(NCc1ccccc1)Nc1ccc(CCc2nc3ccccc3n2-c2ccccc2)cc1. The molecule has 0 spiro atoms. The smallest absolute Gasteiger partial charge is 0.319 e. The number of urea groups is 1. The van der Waals surface area contributed by atoms with Gasteiger partial charge in [0.15, 0.2) is 0 Å². The Morgan fingerprint density at radius 1 is 0.706 bits per heavy atom. The van der Waals surface area contributed by atoms with E-state index in [9.17, 15) is 4.79 Å². The van der Waals surface area contributed by atoms with Crippen LogP contribution in [0.3, 0.4) is 0 Å². The molecule has 5 nitrogen and oxygen atoms in total. The van der Waals surface area contributed by atoms with Crippen LogP contribution in [0.15, 0.2) is 109 Å². The lowest BCUT2D eigenvalue weighted by Crippen LogP contribution is -2.28. The molecule has 0 atom stereocenters. The van der Waals surface area contributed by atoms with Crippen molar-refractivity contribution >= 4 is 22.8 Å². The molecule has 168 valence electrons. The highest BCUT2D eigenvalue weighted by Crippen LogP contribution is 2.23. The van der Waals surface area contributed by atoms with Gasteiger partial charge in [-0.1, -0.05) is 72.8 Å². The Morgan fingerprint density at radius 2 is 1.38 bits per heavy atom. The Kier molecular flexibility index (Phi) is 6.34. The van der Waals surface area contributed by atoms with Gasteiger partial charge in [-0.3, -0.25) is 4.57 Å². The predicted octanol–water partition coefficient (Wildman–Crippen LogP) is 6.13. The molecule has 5 heteroatoms. The van der Waals surface area contributed by atoms with Gasteiger partial charge in [-0.15, -0.1) is 0 Å². The van der Waals surface area contributed by atoms with Crippen molar-refractivity contribution in [1.29, 1.82) is 0 Å². The summed E-state index contributed by atoms with van der Waals surface area (Å²) in [6.45, 7) is 0.493. The summed E-state index contributed by atoms with van der Waals surface area (Å²) in [5, 5.41) is 5.78. The van der Waals surface area contributed by atoms with Crippen LogP contribution in [-0.4, -0.2) is 15.6 Å². The van der Waals surface area contributed by atoms with Crippen LogP contribution < -0.4 is 10.6 Å². The number of aryl methyl sites for hydroxylation is 2. The van der Waals surface area contributed by atoms with Crippen molar-refractivity contribution in [2.75, 3.05) is 5.32 Å². The number of carbonyl (C=O) groups excluding carboxylic acids is 1. The zero-order chi connectivity index (χ0) is 23.2. The molecule has 4 aromatic carbocycles. The van der Waals surface area contributed by atoms with Gasteiger partial charge in [0.2, 0.25) is 0 Å². The highest BCUT2D eigenvalue weighted by atomic mass is 16.2. The van der Waals surface area contributed by atoms with Crippen LogP contribution in [0.25, 0.3) is 16.7 Å². The summed E-state index contributed by atoms with van der Waals surface area (Å²) in [6, 6.07) is 36.2. The largest absolute Gasteiger partial charge is 0.334 e. The highest BCUT2D eigenvalue weighted by Gasteiger charge is 2.12. The maximum Gasteiger partial charge on any atom is 0.319 e. The summed E-state index contributed by atoms with van der Waals surface area (Å²) in [5.74, 6) is 1.04. The fraction of sp³-hybridized carbons (Fsp3) is 0.103. The van der Waals surface area contributed by atoms with Gasteiger partial charge in [0.1, 0.15) is 5.82 Å². The van der Waals surface area contributed by atoms with Crippen LogP contribution in [0.1, 0.15) is 17.0 Å². The van der Waals surface area contributed by atoms with Crippen molar-refractivity contribution < 1.29 is 4.79 Å². The van der Waals surface area contributed by atoms with Gasteiger partial charge in [0, 0.05) is 24.3 Å². The molecule has 5 rings (SSSR count). The fourth-order valence-corrected chi connectivity index (χ4v) is 4.07. The van der Waals surface area contributed by atoms with Crippen LogP contribution in [0.5, 0.6) is 0 Å². The van der Waals surface area contributed by atoms with E-state index in [1.165, 1.54) is 5.56 Å². The Morgan fingerprint density at radius 3 is 2.15 bits per heavy atom. The fourth-order valence-electron chi connectivity index (χ4n) is 4.07. The number of imidazole rings is 1. The van der Waals surface area contributed by atoms with Crippen molar-refractivity contribution in [1.82, 2.24) is 14.9 Å². The van der Waals surface area contributed by atoms with Crippen LogP contribution in [0, 0.1) is 0 Å². The Hall–Kier alpha value is -4.38. The number of anilines is 1. The van der Waals surface area contributed by atoms with Crippen molar-refractivity contribution in [3.05, 3.63) is 126 Å². The summed E-state index contributed by atoms with van der Waals surface area (Å²) < 4.78 is 2.24. The first-order chi connectivity index (χ1) is 16.8. The Bertz CT molecular complexity index is 1380. The van der Waals surface area contributed by atoms with E-state index in [0.29, 0.717) is 6.54 Å². The number of fused-ring (bicyclic) bond motifs is 1. The first kappa shape index (κ1) is 21.5. The predicted molar refractivity (Wildman–Crippen MR) is 137 cm³/mol. The number of carbonyl (C=O) groups is 1. The molecule has 0 aliphatic heterocycles. The average molecular weight is 447 g/mol. The van der Waals surface area contributed by atoms with Crippen LogP contribution >= 0.6 is 0 Å². The van der Waals surface area contributed by atoms with Gasteiger partial charge in [-0.2, -0.15) is 0 Å². The molecule has 2 N–H and O–H groups in total. The molecule has 2 amide bonds. The Balaban J connectivity index is 1.23. The lowest BCUT2D eigenvalue weighted by Gasteiger charge is -2.10. The van der Waals surface area contributed by atoms with E-state index < -0.39 is 0 Å². The van der Waals surface area contributed by atoms with Crippen LogP contribution in [0.4, 0.5) is 10.5 Å². The summed E-state index contributed by atoms with van der Waals surface area (Å²) in [6.07, 6.45) is 1.67. The van der Waals surface area contributed by atoms with Gasteiger partial charge in [-0.25, -0.2) is 9.78 Å². The molecule has 0 bridgehead atoms. The number of nitrogens with zero attached hydrogens (tertiary/aromatic N) is 2. The summed E-state index contributed by atoms with van der Waals surface area (Å²) in [4.78, 5) is 17.1. The van der Waals surface area contributed by atoms with Crippen LogP contribution in [-0.2, 0) is 19.4 Å². The van der Waals surface area contributed by atoms with E-state index in [0.717, 1.165) is 46.6 Å². The van der Waals surface area contributed by atoms with Crippen molar-refractivity contribution in [3.63, 3.8) is 0 Å². The molecule has 0 saturated carbocycles. The first-order valence-corrected chi connectivity index (χ1v) is 11.5. The molecule has 0 aliphatic rings. The normalized spacial score (nSPS) is 10.8. The monoisotopic (exact) mass is 446 g/mol. The molecule has 0 saturated heterocycles. The second-order valence-corrected chi connectivity index (χ2v) is 8.18. The third-order valence-corrected chi connectivity index (χ3v) is 5.79. The molecule has 0 fully saturated rings. The minimum absolute atomic E-state index is 0.215. The number of amides is 2. The molecule has 1 heterocycles. The standard InChI is InChI=1S/C29H26N4O/c34-29(30-21-23-9-3-1-4-10-23)31-24-18-15-22(16-19-24)17-20-28-32-26-13-7-8-14-27(26)33(28)25-11-5-2-6-12-25/h1-16,18-19H,17,20-21H2,(H2,30,31,34). The molecular formula is C29H26N4O. The van der Waals surface area contributed by atoms with Crippen molar-refractivity contribution in [3.8, 4) is 5.69 Å². The molecular weight excluding hydrogens is 420 g/mol. The zero-order valence-corrected chi connectivity index (χ0v) is 18.8. The van der Waals surface area contributed by atoms with Gasteiger partial charge < -0.3 is 10.6 Å². The van der Waals surface area contributed by atoms with E-state index in [2.05, 4.69) is 69.8 Å². The summed E-state index contributed by atoms with van der Waals surface area (Å²) in [7, 11) is 0. The number of rotatable bonds is 7. The molecule has 34 heavy (non-hydrogen) atoms. The zero-order valence-electron chi connectivity index (χ0n) is 18.8. The molecule has 0 radical (unpaired) electrons. The van der Waals surface area contributed by atoms with Crippen molar-refractivity contribution in [2.45, 2.75) is 19.4 Å². The Labute approximate surface area is 199 Å². The number of nitrogens with one attached hydrogen (secondary N) is 2. The van der Waals surface area contributed by atoms with Crippen LogP contribution in [0.2, 0.25) is 0 Å². The number of hydrogen-bond acceptors (Lipinski definition) is 2. The lowest BCUT2D eigenvalue weighted by atomic mass is 10.1. The average Bonchev–Trinajstić information content (AvgIpc) is 3.27. The molecule has 1 aromatic heterocycles. The van der Waals surface area contributed by atoms with E-state index in [4.69, 9.17) is 4.98 Å². The van der Waals surface area contributed by atoms with E-state index in [1.807, 2.05) is 54.6 Å². The number of para-hydroxylation sites is 3. The van der Waals surface area contributed by atoms with E-state index >= 15 is 0 Å². The highest BCUT2D eigenvalue weighted by molar-refractivity contribution is 5.89. The maximum absolute atomic E-state index is 12.2. The molecule has 0 unspecified atom stereocenters. The summed E-state index contributed by atoms with van der Waals surface area (Å²) >= 11 is 0. The molecule has 5 aromatic rings. The number of benzene rings is 4. The van der Waals surface area contributed by atoms with Gasteiger partial charge in [-0.05, 0) is 53.9 Å². The van der Waals surface area contributed by atoms with Gasteiger partial charge in [0.25, 0.3) is 0 Å². The first-order valence-electron chi connectivity index (χ1n) is 11.5. The quantitative estimate of drug-likeness (QED) is 0.316. The molecule has 0 aliphatic carbocycles. The second-order valence-electron chi connectivity index (χ2n) is 8.18. The van der Waals surface area contributed by atoms with Crippen molar-refractivity contribution in [2.24, 2.45) is 0 Å². The maximum atomic E-state index is 12.2. The lowest BCUT2D eigenvalue weighted by molar-refractivity contribution is 0.251. The third kappa shape index (κ3) is 4.99. The van der Waals surface area contributed by atoms with Gasteiger partial charge >= 0.3 is 6.03 Å². The van der Waals surface area contributed by atoms with E-state index in [1.54, 1.807) is 0 Å². The number of aromatic nitrogens is 2. The third-order valence-electron chi connectivity index (χ3n) is 5.79. The second kappa shape index (κ2) is 10.0.